The molecule has 3 rings (SSSR count). The predicted molar refractivity (Wildman–Crippen MR) is 83.8 cm³/mol. The first-order chi connectivity index (χ1) is 10.0. The second kappa shape index (κ2) is 5.08. The van der Waals surface area contributed by atoms with E-state index in [0.29, 0.717) is 10.7 Å². The van der Waals surface area contributed by atoms with Gasteiger partial charge in [-0.15, -0.1) is 0 Å². The number of amides is 1. The molecule has 0 bridgehead atoms. The molecule has 0 heterocycles. The van der Waals surface area contributed by atoms with Crippen LogP contribution < -0.4 is 5.32 Å². The van der Waals surface area contributed by atoms with Crippen LogP contribution in [0.1, 0.15) is 24.0 Å². The number of carbonyl (C=O) groups excluding carboxylic acids is 1. The van der Waals surface area contributed by atoms with Gasteiger partial charge in [0.15, 0.2) is 0 Å². The molecule has 0 atom stereocenters. The van der Waals surface area contributed by atoms with E-state index < -0.39 is 5.41 Å². The number of nitrogens with one attached hydrogen (secondary N) is 1. The van der Waals surface area contributed by atoms with Crippen molar-refractivity contribution in [2.75, 3.05) is 5.32 Å². The molecular formula is C17H16ClNO2. The topological polar surface area (TPSA) is 49.3 Å². The molecule has 0 radical (unpaired) electrons. The smallest absolute Gasteiger partial charge is 0.235 e. The van der Waals surface area contributed by atoms with E-state index in [2.05, 4.69) is 5.32 Å². The Morgan fingerprint density at radius 1 is 1.24 bits per heavy atom. The van der Waals surface area contributed by atoms with Crippen LogP contribution in [0.2, 0.25) is 5.02 Å². The molecule has 0 spiro atoms. The molecule has 0 saturated heterocycles. The van der Waals surface area contributed by atoms with Gasteiger partial charge in [-0.3, -0.25) is 4.79 Å². The first-order valence-corrected chi connectivity index (χ1v) is 7.26. The van der Waals surface area contributed by atoms with Crippen LogP contribution in [-0.4, -0.2) is 11.0 Å². The number of carbonyl (C=O) groups is 1. The van der Waals surface area contributed by atoms with Crippen LogP contribution in [0.5, 0.6) is 5.75 Å². The second-order valence-electron chi connectivity index (χ2n) is 5.57. The molecule has 1 fully saturated rings. The van der Waals surface area contributed by atoms with Crippen molar-refractivity contribution in [2.24, 2.45) is 0 Å². The summed E-state index contributed by atoms with van der Waals surface area (Å²) in [5.74, 6) is -0.00540. The van der Waals surface area contributed by atoms with Gasteiger partial charge in [0.05, 0.1) is 11.1 Å². The highest BCUT2D eigenvalue weighted by atomic mass is 35.5. The molecule has 108 valence electrons. The van der Waals surface area contributed by atoms with Crippen LogP contribution in [-0.2, 0) is 10.2 Å². The number of rotatable bonds is 3. The van der Waals surface area contributed by atoms with Crippen LogP contribution >= 0.6 is 11.6 Å². The molecule has 3 nitrogen and oxygen atoms in total. The molecule has 0 aromatic heterocycles. The summed E-state index contributed by atoms with van der Waals surface area (Å²) in [7, 11) is 0. The molecule has 1 saturated carbocycles. The van der Waals surface area contributed by atoms with E-state index >= 15 is 0 Å². The van der Waals surface area contributed by atoms with E-state index in [-0.39, 0.29) is 11.7 Å². The number of hydrogen-bond acceptors (Lipinski definition) is 2. The minimum atomic E-state index is -0.512. The van der Waals surface area contributed by atoms with Crippen LogP contribution in [0, 0.1) is 6.92 Å². The fourth-order valence-corrected chi connectivity index (χ4v) is 2.74. The van der Waals surface area contributed by atoms with Crippen molar-refractivity contribution in [3.05, 3.63) is 58.6 Å². The lowest BCUT2D eigenvalue weighted by Crippen LogP contribution is -2.27. The molecule has 0 aliphatic heterocycles. The van der Waals surface area contributed by atoms with Crippen molar-refractivity contribution in [1.82, 2.24) is 0 Å². The van der Waals surface area contributed by atoms with Gasteiger partial charge in [0.2, 0.25) is 5.91 Å². The van der Waals surface area contributed by atoms with Crippen molar-refractivity contribution in [1.29, 1.82) is 0 Å². The zero-order chi connectivity index (χ0) is 15.0. The summed E-state index contributed by atoms with van der Waals surface area (Å²) in [5, 5.41) is 13.4. The number of aryl methyl sites for hydroxylation is 1. The lowest BCUT2D eigenvalue weighted by atomic mass is 9.95. The Morgan fingerprint density at radius 3 is 2.62 bits per heavy atom. The normalized spacial score (nSPS) is 15.5. The maximum absolute atomic E-state index is 12.6. The summed E-state index contributed by atoms with van der Waals surface area (Å²) >= 11 is 6.01. The van der Waals surface area contributed by atoms with Gasteiger partial charge in [-0.05, 0) is 55.2 Å². The molecule has 1 aliphatic rings. The van der Waals surface area contributed by atoms with Gasteiger partial charge in [0, 0.05) is 5.02 Å². The van der Waals surface area contributed by atoms with Gasteiger partial charge in [-0.2, -0.15) is 0 Å². The van der Waals surface area contributed by atoms with Crippen molar-refractivity contribution in [3.8, 4) is 5.75 Å². The highest BCUT2D eigenvalue weighted by Gasteiger charge is 2.51. The molecule has 4 heteroatoms. The standard InChI is InChI=1S/C17H16ClNO2/c1-11-5-6-14(15(20)9-11)19-16(21)17(7-8-17)12-3-2-4-13(18)10-12/h2-6,9-10,20H,7-8H2,1H3,(H,19,21). The number of aromatic hydroxyl groups is 1. The first-order valence-electron chi connectivity index (χ1n) is 6.88. The maximum atomic E-state index is 12.6. The van der Waals surface area contributed by atoms with Crippen molar-refractivity contribution in [3.63, 3.8) is 0 Å². The van der Waals surface area contributed by atoms with E-state index in [4.69, 9.17) is 11.6 Å². The van der Waals surface area contributed by atoms with Crippen LogP contribution in [0.3, 0.4) is 0 Å². The molecule has 2 N–H and O–H groups in total. The Kier molecular flexibility index (Phi) is 3.38. The number of phenolic OH excluding ortho intramolecular Hbond substituents is 1. The zero-order valence-electron chi connectivity index (χ0n) is 11.7. The Bertz CT molecular complexity index is 708. The molecule has 1 amide bonds. The fourth-order valence-electron chi connectivity index (χ4n) is 2.55. The van der Waals surface area contributed by atoms with E-state index in [9.17, 15) is 9.90 Å². The van der Waals surface area contributed by atoms with E-state index in [0.717, 1.165) is 24.0 Å². The van der Waals surface area contributed by atoms with Crippen LogP contribution in [0.4, 0.5) is 5.69 Å². The number of halogens is 1. The fraction of sp³-hybridized carbons (Fsp3) is 0.235. The van der Waals surface area contributed by atoms with Gasteiger partial charge in [-0.25, -0.2) is 0 Å². The summed E-state index contributed by atoms with van der Waals surface area (Å²) in [5.41, 5.74) is 1.81. The molecule has 1 aliphatic carbocycles. The lowest BCUT2D eigenvalue weighted by molar-refractivity contribution is -0.118. The molecule has 2 aromatic carbocycles. The van der Waals surface area contributed by atoms with E-state index in [1.807, 2.05) is 31.2 Å². The Morgan fingerprint density at radius 2 is 2.00 bits per heavy atom. The first kappa shape index (κ1) is 14.0. The number of phenols is 1. The van der Waals surface area contributed by atoms with Crippen molar-refractivity contribution < 1.29 is 9.90 Å². The maximum Gasteiger partial charge on any atom is 0.235 e. The quantitative estimate of drug-likeness (QED) is 0.841. The summed E-state index contributed by atoms with van der Waals surface area (Å²) < 4.78 is 0. The summed E-state index contributed by atoms with van der Waals surface area (Å²) in [6.45, 7) is 1.89. The number of benzene rings is 2. The minimum Gasteiger partial charge on any atom is -0.506 e. The van der Waals surface area contributed by atoms with Gasteiger partial charge < -0.3 is 10.4 Å². The van der Waals surface area contributed by atoms with Gasteiger partial charge in [-0.1, -0.05) is 29.8 Å². The van der Waals surface area contributed by atoms with E-state index in [1.54, 1.807) is 18.2 Å². The third kappa shape index (κ3) is 2.61. The number of hydrogen-bond donors (Lipinski definition) is 2. The van der Waals surface area contributed by atoms with Crippen LogP contribution in [0.15, 0.2) is 42.5 Å². The highest BCUT2D eigenvalue weighted by Crippen LogP contribution is 2.49. The Hall–Kier alpha value is -2.00. The third-order valence-corrected chi connectivity index (χ3v) is 4.20. The monoisotopic (exact) mass is 301 g/mol. The average molecular weight is 302 g/mol. The van der Waals surface area contributed by atoms with Gasteiger partial charge in [0.25, 0.3) is 0 Å². The average Bonchev–Trinajstić information content (AvgIpc) is 3.23. The van der Waals surface area contributed by atoms with Crippen molar-refractivity contribution in [2.45, 2.75) is 25.2 Å². The second-order valence-corrected chi connectivity index (χ2v) is 6.00. The molecule has 0 unspecified atom stereocenters. The summed E-state index contributed by atoms with van der Waals surface area (Å²) in [6.07, 6.45) is 1.59. The number of anilines is 1. The van der Waals surface area contributed by atoms with E-state index in [1.165, 1.54) is 0 Å². The summed E-state index contributed by atoms with van der Waals surface area (Å²) in [4.78, 5) is 12.6. The molecular weight excluding hydrogens is 286 g/mol. The molecule has 21 heavy (non-hydrogen) atoms. The molecule has 2 aromatic rings. The van der Waals surface area contributed by atoms with Crippen molar-refractivity contribution >= 4 is 23.2 Å². The largest absolute Gasteiger partial charge is 0.506 e. The van der Waals surface area contributed by atoms with Gasteiger partial charge in [0.1, 0.15) is 5.75 Å². The third-order valence-electron chi connectivity index (χ3n) is 3.96. The zero-order valence-corrected chi connectivity index (χ0v) is 12.4. The Labute approximate surface area is 128 Å². The summed E-state index contributed by atoms with van der Waals surface area (Å²) in [6, 6.07) is 12.6. The lowest BCUT2D eigenvalue weighted by Gasteiger charge is -2.17. The van der Waals surface area contributed by atoms with Gasteiger partial charge >= 0.3 is 0 Å². The minimum absolute atomic E-state index is 0.0882. The predicted octanol–water partition coefficient (Wildman–Crippen LogP) is 4.02. The van der Waals surface area contributed by atoms with Crippen LogP contribution in [0.25, 0.3) is 0 Å². The SMILES string of the molecule is Cc1ccc(NC(=O)C2(c3cccc(Cl)c3)CC2)c(O)c1. The highest BCUT2D eigenvalue weighted by molar-refractivity contribution is 6.30. The Balaban J connectivity index is 1.85.